The van der Waals surface area contributed by atoms with Gasteiger partial charge in [-0.3, -0.25) is 4.79 Å². The molecule has 2 heteroatoms. The Morgan fingerprint density at radius 1 is 1.69 bits per heavy atom. The molecule has 0 saturated carbocycles. The molecule has 0 fully saturated rings. The summed E-state index contributed by atoms with van der Waals surface area (Å²) in [5, 5.41) is 2.88. The zero-order chi connectivity index (χ0) is 9.68. The molecule has 1 rings (SSSR count). The Bertz CT molecular complexity index is 240. The third-order valence-corrected chi connectivity index (χ3v) is 2.11. The predicted molar refractivity (Wildman–Crippen MR) is 54.3 cm³/mol. The van der Waals surface area contributed by atoms with Crippen molar-refractivity contribution in [3.63, 3.8) is 0 Å². The van der Waals surface area contributed by atoms with Crippen molar-refractivity contribution >= 4 is 5.91 Å². The molecule has 0 saturated heterocycles. The molecule has 2 nitrogen and oxygen atoms in total. The van der Waals surface area contributed by atoms with Crippen LogP contribution < -0.4 is 5.32 Å². The Hall–Kier alpha value is -1.05. The summed E-state index contributed by atoms with van der Waals surface area (Å²) in [5.41, 5.74) is 0.906. The summed E-state index contributed by atoms with van der Waals surface area (Å²) in [4.78, 5) is 11.5. The van der Waals surface area contributed by atoms with Crippen LogP contribution in [0.2, 0.25) is 0 Å². The first kappa shape index (κ1) is 10.0. The monoisotopic (exact) mass is 179 g/mol. The molecule has 1 aliphatic rings. The molecule has 1 unspecified atom stereocenters. The second-order valence-electron chi connectivity index (χ2n) is 3.51. The van der Waals surface area contributed by atoms with Gasteiger partial charge in [-0.2, -0.15) is 0 Å². The smallest absolute Gasteiger partial charge is 0.247 e. The highest BCUT2D eigenvalue weighted by molar-refractivity contribution is 5.93. The lowest BCUT2D eigenvalue weighted by Crippen LogP contribution is -2.26. The van der Waals surface area contributed by atoms with E-state index in [0.29, 0.717) is 5.92 Å². The molecular weight excluding hydrogens is 162 g/mol. The van der Waals surface area contributed by atoms with Gasteiger partial charge in [-0.05, 0) is 18.8 Å². The molecule has 0 aromatic rings. The van der Waals surface area contributed by atoms with E-state index in [9.17, 15) is 4.79 Å². The van der Waals surface area contributed by atoms with E-state index in [-0.39, 0.29) is 5.91 Å². The predicted octanol–water partition coefficient (Wildman–Crippen LogP) is 2.04. The fourth-order valence-corrected chi connectivity index (χ4v) is 1.36. The minimum absolute atomic E-state index is 0.0954. The van der Waals surface area contributed by atoms with Crippen molar-refractivity contribution in [1.82, 2.24) is 5.32 Å². The highest BCUT2D eigenvalue weighted by Crippen LogP contribution is 2.17. The summed E-state index contributed by atoms with van der Waals surface area (Å²) in [6, 6.07) is 0. The van der Waals surface area contributed by atoms with Crippen LogP contribution >= 0.6 is 0 Å². The van der Waals surface area contributed by atoms with Gasteiger partial charge >= 0.3 is 0 Å². The molecule has 0 bridgehead atoms. The highest BCUT2D eigenvalue weighted by atomic mass is 16.1. The van der Waals surface area contributed by atoms with Crippen molar-refractivity contribution in [2.75, 3.05) is 6.54 Å². The van der Waals surface area contributed by atoms with Gasteiger partial charge in [0.05, 0.1) is 0 Å². The first-order valence-corrected chi connectivity index (χ1v) is 4.89. The van der Waals surface area contributed by atoms with Gasteiger partial charge in [-0.15, -0.1) is 0 Å². The van der Waals surface area contributed by atoms with Gasteiger partial charge in [0.1, 0.15) is 0 Å². The first-order chi connectivity index (χ1) is 6.24. The number of nitrogens with one attached hydrogen (secondary N) is 1. The Kier molecular flexibility index (Phi) is 3.74. The summed E-state index contributed by atoms with van der Waals surface area (Å²) in [6.45, 7) is 4.95. The molecule has 13 heavy (non-hydrogen) atoms. The number of carbonyl (C=O) groups is 1. The van der Waals surface area contributed by atoms with Crippen molar-refractivity contribution in [3.05, 3.63) is 23.8 Å². The molecule has 1 atom stereocenters. The number of allylic oxidation sites excluding steroid dienone is 3. The Balaban J connectivity index is 2.47. The molecule has 1 N–H and O–H groups in total. The Morgan fingerprint density at radius 3 is 3.08 bits per heavy atom. The number of hydrogen-bond donors (Lipinski definition) is 1. The third-order valence-electron chi connectivity index (χ3n) is 2.11. The minimum atomic E-state index is 0.0954. The molecule has 1 amide bonds. The molecule has 0 radical (unpaired) electrons. The van der Waals surface area contributed by atoms with E-state index in [2.05, 4.69) is 25.2 Å². The summed E-state index contributed by atoms with van der Waals surface area (Å²) in [6.07, 6.45) is 7.85. The van der Waals surface area contributed by atoms with E-state index < -0.39 is 0 Å². The van der Waals surface area contributed by atoms with Crippen molar-refractivity contribution < 1.29 is 4.79 Å². The number of carbonyl (C=O) groups excluding carboxylic acids is 1. The van der Waals surface area contributed by atoms with E-state index >= 15 is 0 Å². The molecule has 0 aromatic heterocycles. The maximum Gasteiger partial charge on any atom is 0.247 e. The summed E-state index contributed by atoms with van der Waals surface area (Å²) in [7, 11) is 0. The van der Waals surface area contributed by atoms with Crippen LogP contribution in [0.3, 0.4) is 0 Å². The van der Waals surface area contributed by atoms with Gasteiger partial charge in [0.2, 0.25) is 5.91 Å². The van der Waals surface area contributed by atoms with Crippen molar-refractivity contribution in [2.45, 2.75) is 26.7 Å². The number of hydrogen-bond acceptors (Lipinski definition) is 1. The first-order valence-electron chi connectivity index (χ1n) is 4.89. The van der Waals surface area contributed by atoms with E-state index in [0.717, 1.165) is 25.0 Å². The maximum atomic E-state index is 11.5. The Labute approximate surface area is 79.7 Å². The number of amides is 1. The van der Waals surface area contributed by atoms with E-state index in [1.54, 1.807) is 0 Å². The van der Waals surface area contributed by atoms with E-state index in [1.165, 1.54) is 0 Å². The number of rotatable bonds is 3. The summed E-state index contributed by atoms with van der Waals surface area (Å²) < 4.78 is 0. The minimum Gasteiger partial charge on any atom is -0.352 e. The largest absolute Gasteiger partial charge is 0.352 e. The quantitative estimate of drug-likeness (QED) is 0.705. The van der Waals surface area contributed by atoms with Crippen molar-refractivity contribution in [2.24, 2.45) is 5.92 Å². The van der Waals surface area contributed by atoms with Crippen LogP contribution in [-0.4, -0.2) is 12.5 Å². The normalized spacial score (nSPS) is 21.1. The fraction of sp³-hybridized carbons (Fsp3) is 0.545. The molecule has 1 aliphatic carbocycles. The molecule has 0 aromatic carbocycles. The van der Waals surface area contributed by atoms with Crippen LogP contribution in [0, 0.1) is 5.92 Å². The summed E-state index contributed by atoms with van der Waals surface area (Å²) in [5.74, 6) is 0.588. The lowest BCUT2D eigenvalue weighted by Gasteiger charge is -2.13. The molecule has 0 aliphatic heterocycles. The molecule has 72 valence electrons. The standard InChI is InChI=1S/C11H17NO/c1-3-7-12-11(13)10-6-4-5-9(2)8-10/h4-6,9H,3,7-8H2,1-2H3,(H,12,13). The van der Waals surface area contributed by atoms with Gasteiger partial charge < -0.3 is 5.32 Å². The van der Waals surface area contributed by atoms with E-state index in [1.807, 2.05) is 12.2 Å². The zero-order valence-corrected chi connectivity index (χ0v) is 8.34. The third kappa shape index (κ3) is 3.05. The average Bonchev–Trinajstić information content (AvgIpc) is 2.14. The highest BCUT2D eigenvalue weighted by Gasteiger charge is 2.12. The van der Waals surface area contributed by atoms with Gasteiger partial charge in [0.25, 0.3) is 0 Å². The van der Waals surface area contributed by atoms with Crippen LogP contribution in [0.25, 0.3) is 0 Å². The van der Waals surface area contributed by atoms with Crippen molar-refractivity contribution in [1.29, 1.82) is 0 Å². The second-order valence-corrected chi connectivity index (χ2v) is 3.51. The van der Waals surface area contributed by atoms with Crippen LogP contribution in [0.4, 0.5) is 0 Å². The van der Waals surface area contributed by atoms with Crippen LogP contribution in [0.5, 0.6) is 0 Å². The van der Waals surface area contributed by atoms with Gasteiger partial charge in [0, 0.05) is 12.1 Å². The van der Waals surface area contributed by atoms with Gasteiger partial charge in [0.15, 0.2) is 0 Å². The lowest BCUT2D eigenvalue weighted by molar-refractivity contribution is -0.117. The van der Waals surface area contributed by atoms with E-state index in [4.69, 9.17) is 0 Å². The second kappa shape index (κ2) is 4.85. The van der Waals surface area contributed by atoms with Crippen molar-refractivity contribution in [3.8, 4) is 0 Å². The Morgan fingerprint density at radius 2 is 2.46 bits per heavy atom. The zero-order valence-electron chi connectivity index (χ0n) is 8.34. The topological polar surface area (TPSA) is 29.1 Å². The maximum absolute atomic E-state index is 11.5. The average molecular weight is 179 g/mol. The fourth-order valence-electron chi connectivity index (χ4n) is 1.36. The summed E-state index contributed by atoms with van der Waals surface area (Å²) >= 11 is 0. The molecule has 0 heterocycles. The van der Waals surface area contributed by atoms with Gasteiger partial charge in [-0.25, -0.2) is 0 Å². The lowest BCUT2D eigenvalue weighted by atomic mass is 9.95. The van der Waals surface area contributed by atoms with Crippen LogP contribution in [-0.2, 0) is 4.79 Å². The SMILES string of the molecule is CCCNC(=O)C1=CC=CC(C)C1. The van der Waals surface area contributed by atoms with Crippen LogP contribution in [0.15, 0.2) is 23.8 Å². The van der Waals surface area contributed by atoms with Crippen LogP contribution in [0.1, 0.15) is 26.7 Å². The van der Waals surface area contributed by atoms with Gasteiger partial charge in [-0.1, -0.05) is 32.1 Å². The molecular formula is C11H17NO. The molecule has 0 spiro atoms.